The van der Waals surface area contributed by atoms with Crippen LogP contribution in [0.2, 0.25) is 10.0 Å². The SMILES string of the molecule is CC1(c2onc(N)c2-c2ccc(Cl)c(Cl)c2)CCCCC1. The van der Waals surface area contributed by atoms with Crippen LogP contribution in [0.15, 0.2) is 22.7 Å². The molecule has 1 aromatic heterocycles. The molecule has 112 valence electrons. The summed E-state index contributed by atoms with van der Waals surface area (Å²) in [5.74, 6) is 1.29. The number of nitrogens with zero attached hydrogens (tertiary/aromatic N) is 1. The minimum atomic E-state index is -0.00961. The Morgan fingerprint density at radius 2 is 1.86 bits per heavy atom. The quantitative estimate of drug-likeness (QED) is 0.798. The zero-order chi connectivity index (χ0) is 15.0. The molecule has 1 heterocycles. The predicted molar refractivity (Wildman–Crippen MR) is 86.8 cm³/mol. The molecule has 1 fully saturated rings. The van der Waals surface area contributed by atoms with Gasteiger partial charge >= 0.3 is 0 Å². The highest BCUT2D eigenvalue weighted by Gasteiger charge is 2.36. The lowest BCUT2D eigenvalue weighted by atomic mass is 9.72. The van der Waals surface area contributed by atoms with Crippen molar-refractivity contribution in [3.8, 4) is 11.1 Å². The molecule has 1 aliphatic rings. The van der Waals surface area contributed by atoms with Gasteiger partial charge in [-0.05, 0) is 30.5 Å². The Balaban J connectivity index is 2.10. The van der Waals surface area contributed by atoms with E-state index in [1.165, 1.54) is 19.3 Å². The van der Waals surface area contributed by atoms with E-state index in [0.717, 1.165) is 29.7 Å². The average Bonchev–Trinajstić information content (AvgIpc) is 2.85. The smallest absolute Gasteiger partial charge is 0.175 e. The standard InChI is InChI=1S/C16H18Cl2N2O/c1-16(7-3-2-4-8-16)14-13(15(19)20-21-14)10-5-6-11(17)12(18)9-10/h5-6,9H,2-4,7-8H2,1H3,(H2,19,20). The van der Waals surface area contributed by atoms with E-state index in [4.69, 9.17) is 33.5 Å². The number of anilines is 1. The van der Waals surface area contributed by atoms with E-state index >= 15 is 0 Å². The molecular weight excluding hydrogens is 307 g/mol. The second kappa shape index (κ2) is 5.54. The average molecular weight is 325 g/mol. The topological polar surface area (TPSA) is 52.0 Å². The van der Waals surface area contributed by atoms with Crippen molar-refractivity contribution >= 4 is 29.0 Å². The Hall–Kier alpha value is -1.19. The number of halogens is 2. The molecule has 0 spiro atoms. The van der Waals surface area contributed by atoms with Gasteiger partial charge in [0.05, 0.1) is 15.6 Å². The molecule has 2 N–H and O–H groups in total. The zero-order valence-electron chi connectivity index (χ0n) is 12.0. The van der Waals surface area contributed by atoms with Crippen molar-refractivity contribution in [2.24, 2.45) is 0 Å². The summed E-state index contributed by atoms with van der Waals surface area (Å²) in [7, 11) is 0. The molecule has 2 aromatic rings. The van der Waals surface area contributed by atoms with Crippen LogP contribution in [0.25, 0.3) is 11.1 Å². The lowest BCUT2D eigenvalue weighted by Crippen LogP contribution is -2.25. The van der Waals surface area contributed by atoms with E-state index in [1.54, 1.807) is 6.07 Å². The van der Waals surface area contributed by atoms with Gasteiger partial charge in [-0.15, -0.1) is 0 Å². The van der Waals surface area contributed by atoms with Gasteiger partial charge < -0.3 is 10.3 Å². The molecule has 0 saturated heterocycles. The summed E-state index contributed by atoms with van der Waals surface area (Å²) < 4.78 is 5.61. The Morgan fingerprint density at radius 1 is 1.14 bits per heavy atom. The van der Waals surface area contributed by atoms with Crippen LogP contribution in [0, 0.1) is 0 Å². The van der Waals surface area contributed by atoms with Crippen molar-refractivity contribution in [2.75, 3.05) is 5.73 Å². The summed E-state index contributed by atoms with van der Waals surface area (Å²) in [5.41, 5.74) is 7.80. The number of benzene rings is 1. The largest absolute Gasteiger partial charge is 0.380 e. The highest BCUT2D eigenvalue weighted by molar-refractivity contribution is 6.42. The lowest BCUT2D eigenvalue weighted by molar-refractivity contribution is 0.242. The maximum absolute atomic E-state index is 6.13. The molecule has 0 amide bonds. The number of aromatic nitrogens is 1. The molecule has 0 radical (unpaired) electrons. The van der Waals surface area contributed by atoms with Crippen molar-refractivity contribution in [1.82, 2.24) is 5.16 Å². The molecule has 1 aromatic carbocycles. The molecular formula is C16H18Cl2N2O. The Bertz CT molecular complexity index is 660. The number of nitrogens with two attached hydrogens (primary N) is 1. The summed E-state index contributed by atoms with van der Waals surface area (Å²) in [6, 6.07) is 5.51. The maximum atomic E-state index is 6.13. The van der Waals surface area contributed by atoms with E-state index in [1.807, 2.05) is 12.1 Å². The Labute approximate surface area is 134 Å². The van der Waals surface area contributed by atoms with Gasteiger partial charge in [0.25, 0.3) is 0 Å². The van der Waals surface area contributed by atoms with Crippen LogP contribution in [-0.4, -0.2) is 5.16 Å². The lowest BCUT2D eigenvalue weighted by Gasteiger charge is -2.31. The van der Waals surface area contributed by atoms with E-state index in [0.29, 0.717) is 15.9 Å². The predicted octanol–water partition coefficient (Wildman–Crippen LogP) is 5.45. The van der Waals surface area contributed by atoms with Crippen molar-refractivity contribution in [3.05, 3.63) is 34.0 Å². The Morgan fingerprint density at radius 3 is 2.52 bits per heavy atom. The van der Waals surface area contributed by atoms with Crippen LogP contribution < -0.4 is 5.73 Å². The normalized spacial score (nSPS) is 17.9. The molecule has 3 rings (SSSR count). The third-order valence-electron chi connectivity index (χ3n) is 4.43. The van der Waals surface area contributed by atoms with Gasteiger partial charge in [0, 0.05) is 5.41 Å². The summed E-state index contributed by atoms with van der Waals surface area (Å²) >= 11 is 12.1. The minimum absolute atomic E-state index is 0.00961. The fourth-order valence-electron chi connectivity index (χ4n) is 3.20. The number of rotatable bonds is 2. The van der Waals surface area contributed by atoms with E-state index in [9.17, 15) is 0 Å². The summed E-state index contributed by atoms with van der Waals surface area (Å²) in [6.45, 7) is 2.23. The highest BCUT2D eigenvalue weighted by Crippen LogP contribution is 2.45. The first kappa shape index (κ1) is 14.7. The number of hydrogen-bond acceptors (Lipinski definition) is 3. The second-order valence-corrected chi connectivity index (χ2v) is 6.84. The van der Waals surface area contributed by atoms with E-state index in [-0.39, 0.29) is 5.41 Å². The third kappa shape index (κ3) is 2.65. The van der Waals surface area contributed by atoms with Gasteiger partial charge in [0.1, 0.15) is 0 Å². The Kier molecular flexibility index (Phi) is 3.89. The van der Waals surface area contributed by atoms with Crippen LogP contribution in [0.1, 0.15) is 44.8 Å². The monoisotopic (exact) mass is 324 g/mol. The molecule has 3 nitrogen and oxygen atoms in total. The van der Waals surface area contributed by atoms with Gasteiger partial charge in [-0.2, -0.15) is 0 Å². The second-order valence-electron chi connectivity index (χ2n) is 6.02. The van der Waals surface area contributed by atoms with Crippen molar-refractivity contribution < 1.29 is 4.52 Å². The van der Waals surface area contributed by atoms with Crippen LogP contribution in [0.4, 0.5) is 5.82 Å². The van der Waals surface area contributed by atoms with Crippen LogP contribution in [0.3, 0.4) is 0 Å². The zero-order valence-corrected chi connectivity index (χ0v) is 13.5. The van der Waals surface area contributed by atoms with E-state index in [2.05, 4.69) is 12.1 Å². The molecule has 0 bridgehead atoms. The molecule has 0 atom stereocenters. The molecule has 0 aliphatic heterocycles. The minimum Gasteiger partial charge on any atom is -0.380 e. The van der Waals surface area contributed by atoms with Crippen LogP contribution >= 0.6 is 23.2 Å². The first-order valence-corrected chi connectivity index (χ1v) is 7.98. The fraction of sp³-hybridized carbons (Fsp3) is 0.438. The van der Waals surface area contributed by atoms with Crippen molar-refractivity contribution in [2.45, 2.75) is 44.4 Å². The van der Waals surface area contributed by atoms with Gasteiger partial charge in [0.2, 0.25) is 0 Å². The van der Waals surface area contributed by atoms with Gasteiger partial charge in [0.15, 0.2) is 11.6 Å². The first-order chi connectivity index (χ1) is 10.0. The maximum Gasteiger partial charge on any atom is 0.175 e. The van der Waals surface area contributed by atoms with Crippen LogP contribution in [-0.2, 0) is 5.41 Å². The summed E-state index contributed by atoms with van der Waals surface area (Å²) in [6.07, 6.45) is 5.88. The number of hydrogen-bond donors (Lipinski definition) is 1. The first-order valence-electron chi connectivity index (χ1n) is 7.22. The summed E-state index contributed by atoms with van der Waals surface area (Å²) in [4.78, 5) is 0. The molecule has 1 aliphatic carbocycles. The van der Waals surface area contributed by atoms with Crippen molar-refractivity contribution in [1.29, 1.82) is 0 Å². The highest BCUT2D eigenvalue weighted by atomic mass is 35.5. The van der Waals surface area contributed by atoms with Gasteiger partial charge in [-0.3, -0.25) is 0 Å². The van der Waals surface area contributed by atoms with Gasteiger partial charge in [-0.1, -0.05) is 60.6 Å². The van der Waals surface area contributed by atoms with E-state index < -0.39 is 0 Å². The molecule has 21 heavy (non-hydrogen) atoms. The number of nitrogen functional groups attached to an aromatic ring is 1. The molecule has 1 saturated carbocycles. The van der Waals surface area contributed by atoms with Gasteiger partial charge in [-0.25, -0.2) is 0 Å². The van der Waals surface area contributed by atoms with Crippen LogP contribution in [0.5, 0.6) is 0 Å². The molecule has 0 unspecified atom stereocenters. The molecule has 5 heteroatoms. The summed E-state index contributed by atoms with van der Waals surface area (Å²) in [5, 5.41) is 5.03. The fourth-order valence-corrected chi connectivity index (χ4v) is 3.50. The van der Waals surface area contributed by atoms with Crippen molar-refractivity contribution in [3.63, 3.8) is 0 Å². The third-order valence-corrected chi connectivity index (χ3v) is 5.17.